The molecule has 5 heteroatoms. The van der Waals surface area contributed by atoms with E-state index in [1.54, 1.807) is 0 Å². The molecule has 0 spiro atoms. The van der Waals surface area contributed by atoms with Gasteiger partial charge in [0.2, 0.25) is 5.91 Å². The maximum atomic E-state index is 12.4. The number of rotatable bonds is 12. The lowest BCUT2D eigenvalue weighted by molar-refractivity contribution is -0.122. The van der Waals surface area contributed by atoms with Crippen LogP contribution in [0.25, 0.3) is 0 Å². The molecule has 1 atom stereocenters. The Hall–Kier alpha value is -2.60. The Kier molecular flexibility index (Phi) is 9.35. The van der Waals surface area contributed by atoms with E-state index in [1.165, 1.54) is 16.7 Å². The van der Waals surface area contributed by atoms with E-state index < -0.39 is 6.04 Å². The van der Waals surface area contributed by atoms with Gasteiger partial charge in [0, 0.05) is 12.3 Å². The average Bonchev–Trinajstić information content (AvgIpc) is 2.86. The number of unbranched alkanes of at least 4 members (excludes halogenated alkanes) is 1. The molecule has 1 amide bonds. The Morgan fingerprint density at radius 1 is 0.812 bits per heavy atom. The largest absolute Gasteiger partial charge is 0.354 e. The molecule has 1 unspecified atom stereocenters. The topological polar surface area (TPSA) is 81.1 Å². The van der Waals surface area contributed by atoms with Crippen LogP contribution in [-0.2, 0) is 9.54 Å². The number of hydrogen-bond donors (Lipinski definition) is 3. The third kappa shape index (κ3) is 6.00. The van der Waals surface area contributed by atoms with Gasteiger partial charge < -0.3 is 16.8 Å². The van der Waals surface area contributed by atoms with E-state index in [0.717, 1.165) is 18.6 Å². The van der Waals surface area contributed by atoms with Gasteiger partial charge in [-0.05, 0) is 36.1 Å². The molecule has 3 aromatic rings. The van der Waals surface area contributed by atoms with Crippen LogP contribution >= 0.6 is 11.8 Å². The number of hydrogen-bond acceptors (Lipinski definition) is 4. The molecule has 0 radical (unpaired) electrons. The minimum absolute atomic E-state index is 0.0904. The monoisotopic (exact) mass is 447 g/mol. The molecule has 0 aliphatic carbocycles. The van der Waals surface area contributed by atoms with E-state index in [0.29, 0.717) is 19.5 Å². The highest BCUT2D eigenvalue weighted by Gasteiger charge is 2.36. The summed E-state index contributed by atoms with van der Waals surface area (Å²) in [6.07, 6.45) is 2.43. The fraction of sp³-hybridized carbons (Fsp3) is 0.296. The highest BCUT2D eigenvalue weighted by Crippen LogP contribution is 2.48. The highest BCUT2D eigenvalue weighted by molar-refractivity contribution is 8.00. The molecule has 4 nitrogen and oxygen atoms in total. The predicted molar refractivity (Wildman–Crippen MR) is 136 cm³/mol. The first kappa shape index (κ1) is 24.1. The minimum atomic E-state index is -0.478. The summed E-state index contributed by atoms with van der Waals surface area (Å²) in [5.74, 6) is 0.660. The molecule has 168 valence electrons. The van der Waals surface area contributed by atoms with Gasteiger partial charge in [0.25, 0.3) is 0 Å². The van der Waals surface area contributed by atoms with Crippen LogP contribution in [0.15, 0.2) is 91.0 Å². The number of thioether (sulfide) groups is 1. The first-order valence-corrected chi connectivity index (χ1v) is 12.2. The van der Waals surface area contributed by atoms with Crippen molar-refractivity contribution in [3.8, 4) is 0 Å². The van der Waals surface area contributed by atoms with Gasteiger partial charge in [-0.15, -0.1) is 11.8 Å². The van der Waals surface area contributed by atoms with Crippen molar-refractivity contribution in [3.63, 3.8) is 0 Å². The van der Waals surface area contributed by atoms with Gasteiger partial charge in [-0.25, -0.2) is 0 Å². The lowest BCUT2D eigenvalue weighted by Crippen LogP contribution is -2.41. The molecule has 3 aromatic carbocycles. The zero-order valence-electron chi connectivity index (χ0n) is 18.5. The van der Waals surface area contributed by atoms with Gasteiger partial charge in [-0.1, -0.05) is 97.4 Å². The van der Waals surface area contributed by atoms with E-state index in [9.17, 15) is 4.79 Å². The zero-order valence-corrected chi connectivity index (χ0v) is 19.3. The van der Waals surface area contributed by atoms with Crippen LogP contribution in [0, 0.1) is 0 Å². The molecule has 0 aliphatic heterocycles. The molecule has 5 N–H and O–H groups in total. The Morgan fingerprint density at radius 3 is 1.72 bits per heavy atom. The van der Waals surface area contributed by atoms with Crippen molar-refractivity contribution in [2.75, 3.05) is 18.8 Å². The second kappa shape index (κ2) is 12.4. The first-order valence-electron chi connectivity index (χ1n) is 11.2. The Balaban J connectivity index is 1.81. The molecule has 0 aliphatic rings. The molecule has 32 heavy (non-hydrogen) atoms. The molecule has 0 bridgehead atoms. The van der Waals surface area contributed by atoms with Crippen LogP contribution in [0.3, 0.4) is 0 Å². The van der Waals surface area contributed by atoms with Crippen molar-refractivity contribution < 1.29 is 4.79 Å². The van der Waals surface area contributed by atoms with Crippen LogP contribution in [-0.4, -0.2) is 30.8 Å². The number of nitrogens with one attached hydrogen (secondary N) is 1. The zero-order chi connectivity index (χ0) is 22.7. The van der Waals surface area contributed by atoms with Crippen LogP contribution in [0.1, 0.15) is 36.0 Å². The van der Waals surface area contributed by atoms with E-state index in [4.69, 9.17) is 11.5 Å². The van der Waals surface area contributed by atoms with Gasteiger partial charge in [-0.3, -0.25) is 4.79 Å². The number of carbonyl (C=O) groups is 1. The summed E-state index contributed by atoms with van der Waals surface area (Å²) in [4.78, 5) is 12.4. The van der Waals surface area contributed by atoms with Crippen molar-refractivity contribution in [1.29, 1.82) is 0 Å². The summed E-state index contributed by atoms with van der Waals surface area (Å²) in [5, 5.41) is 3.02. The number of amides is 1. The van der Waals surface area contributed by atoms with E-state index in [-0.39, 0.29) is 10.7 Å². The molecule has 0 aromatic heterocycles. The summed E-state index contributed by atoms with van der Waals surface area (Å²) in [6, 6.07) is 31.2. The SMILES string of the molecule is NCCCCC(N)C(=O)NCCSC(c1ccccc1)(c1ccccc1)c1ccccc1. The van der Waals surface area contributed by atoms with Crippen molar-refractivity contribution in [2.45, 2.75) is 30.1 Å². The summed E-state index contributed by atoms with van der Waals surface area (Å²) in [7, 11) is 0. The summed E-state index contributed by atoms with van der Waals surface area (Å²) in [5.41, 5.74) is 15.2. The fourth-order valence-electron chi connectivity index (χ4n) is 3.92. The predicted octanol–water partition coefficient (Wildman–Crippen LogP) is 4.28. The Morgan fingerprint density at radius 2 is 1.28 bits per heavy atom. The first-order chi connectivity index (χ1) is 15.7. The van der Waals surface area contributed by atoms with E-state index in [1.807, 2.05) is 30.0 Å². The Labute approximate surface area is 195 Å². The second-order valence-electron chi connectivity index (χ2n) is 7.81. The van der Waals surface area contributed by atoms with Crippen LogP contribution in [0.5, 0.6) is 0 Å². The van der Waals surface area contributed by atoms with Crippen molar-refractivity contribution in [3.05, 3.63) is 108 Å². The second-order valence-corrected chi connectivity index (χ2v) is 9.12. The summed E-state index contributed by atoms with van der Waals surface area (Å²) >= 11 is 1.83. The molecule has 0 saturated heterocycles. The lowest BCUT2D eigenvalue weighted by atomic mass is 9.84. The molecule has 0 heterocycles. The summed E-state index contributed by atoms with van der Waals surface area (Å²) < 4.78 is -0.377. The maximum absolute atomic E-state index is 12.4. The molecule has 3 rings (SSSR count). The number of nitrogens with two attached hydrogens (primary N) is 2. The lowest BCUT2D eigenvalue weighted by Gasteiger charge is -2.35. The molecule has 0 saturated carbocycles. The standard InChI is InChI=1S/C27H33N3OS/c28-19-11-10-18-25(29)26(31)30-20-21-32-27(22-12-4-1-5-13-22,23-14-6-2-7-15-23)24-16-8-3-9-17-24/h1-9,12-17,25H,10-11,18-21,28-29H2,(H,30,31). The van der Waals surface area contributed by atoms with Crippen molar-refractivity contribution in [1.82, 2.24) is 5.32 Å². The maximum Gasteiger partial charge on any atom is 0.236 e. The van der Waals surface area contributed by atoms with Crippen molar-refractivity contribution >= 4 is 17.7 Å². The van der Waals surface area contributed by atoms with Crippen LogP contribution < -0.4 is 16.8 Å². The number of carbonyl (C=O) groups excluding carboxylic acids is 1. The van der Waals surface area contributed by atoms with Gasteiger partial charge in [0.05, 0.1) is 10.8 Å². The van der Waals surface area contributed by atoms with E-state index >= 15 is 0 Å². The molecular formula is C27H33N3OS. The Bertz CT molecular complexity index is 838. The molecular weight excluding hydrogens is 414 g/mol. The van der Waals surface area contributed by atoms with Crippen LogP contribution in [0.4, 0.5) is 0 Å². The van der Waals surface area contributed by atoms with E-state index in [2.05, 4.69) is 78.1 Å². The van der Waals surface area contributed by atoms with Gasteiger partial charge >= 0.3 is 0 Å². The highest BCUT2D eigenvalue weighted by atomic mass is 32.2. The van der Waals surface area contributed by atoms with Gasteiger partial charge in [-0.2, -0.15) is 0 Å². The normalized spacial score (nSPS) is 12.3. The quantitative estimate of drug-likeness (QED) is 0.286. The molecule has 0 fully saturated rings. The number of benzene rings is 3. The average molecular weight is 448 g/mol. The fourth-order valence-corrected chi connectivity index (χ4v) is 5.34. The third-order valence-electron chi connectivity index (χ3n) is 5.57. The smallest absolute Gasteiger partial charge is 0.236 e. The van der Waals surface area contributed by atoms with Gasteiger partial charge in [0.1, 0.15) is 0 Å². The van der Waals surface area contributed by atoms with Crippen molar-refractivity contribution in [2.24, 2.45) is 11.5 Å². The van der Waals surface area contributed by atoms with Gasteiger partial charge in [0.15, 0.2) is 0 Å². The third-order valence-corrected chi connectivity index (χ3v) is 7.12. The summed E-state index contributed by atoms with van der Waals surface area (Å²) in [6.45, 7) is 1.19. The van der Waals surface area contributed by atoms with Crippen LogP contribution in [0.2, 0.25) is 0 Å². The minimum Gasteiger partial charge on any atom is -0.354 e.